The molecule has 168 valence electrons. The molecule has 3 aromatic rings. The third kappa shape index (κ3) is 5.85. The summed E-state index contributed by atoms with van der Waals surface area (Å²) < 4.78 is 46.4. The lowest BCUT2D eigenvalue weighted by Crippen LogP contribution is -2.40. The van der Waals surface area contributed by atoms with E-state index in [-0.39, 0.29) is 17.1 Å². The van der Waals surface area contributed by atoms with E-state index in [1.807, 2.05) is 38.1 Å². The van der Waals surface area contributed by atoms with E-state index in [2.05, 4.69) is 5.32 Å². The minimum absolute atomic E-state index is 0.0460. The lowest BCUT2D eigenvalue weighted by atomic mass is 10.2. The van der Waals surface area contributed by atoms with Crippen LogP contribution in [0.1, 0.15) is 18.1 Å². The molecule has 0 unspecified atom stereocenters. The highest BCUT2D eigenvalue weighted by atomic mass is 32.2. The number of rotatable bonds is 9. The number of ether oxygens (including phenoxy) is 1. The second-order valence-corrected chi connectivity index (χ2v) is 9.02. The van der Waals surface area contributed by atoms with Crippen molar-refractivity contribution in [2.45, 2.75) is 25.3 Å². The van der Waals surface area contributed by atoms with E-state index in [1.165, 1.54) is 24.3 Å². The highest BCUT2D eigenvalue weighted by Gasteiger charge is 2.27. The molecule has 3 rings (SSSR count). The van der Waals surface area contributed by atoms with Gasteiger partial charge in [0.05, 0.1) is 17.2 Å². The summed E-state index contributed by atoms with van der Waals surface area (Å²) in [7, 11) is -4.05. The summed E-state index contributed by atoms with van der Waals surface area (Å²) in [6.07, 6.45) is 0. The molecule has 0 bridgehead atoms. The van der Waals surface area contributed by atoms with Crippen LogP contribution in [-0.2, 0) is 21.4 Å². The van der Waals surface area contributed by atoms with E-state index < -0.39 is 28.3 Å². The fourth-order valence-corrected chi connectivity index (χ4v) is 4.48. The summed E-state index contributed by atoms with van der Waals surface area (Å²) in [6.45, 7) is 4.02. The number of carbonyl (C=O) groups is 1. The smallest absolute Gasteiger partial charge is 0.264 e. The molecule has 1 amide bonds. The van der Waals surface area contributed by atoms with E-state index in [0.717, 1.165) is 27.6 Å². The monoisotopic (exact) mass is 456 g/mol. The molecular weight excluding hydrogens is 431 g/mol. The zero-order chi connectivity index (χ0) is 23.1. The SMILES string of the molecule is CCOc1cccc(CNC(=O)CN(c2ccc(F)cc2)S(=O)(=O)c2ccc(C)cc2)c1. The number of carbonyl (C=O) groups excluding carboxylic acids is 1. The number of anilines is 1. The quantitative estimate of drug-likeness (QED) is 0.527. The van der Waals surface area contributed by atoms with Gasteiger partial charge in [-0.15, -0.1) is 0 Å². The molecule has 3 aromatic carbocycles. The van der Waals surface area contributed by atoms with Crippen LogP contribution in [0.2, 0.25) is 0 Å². The first kappa shape index (κ1) is 23.3. The van der Waals surface area contributed by atoms with Gasteiger partial charge in [0, 0.05) is 6.54 Å². The second-order valence-electron chi connectivity index (χ2n) is 7.16. The van der Waals surface area contributed by atoms with Gasteiger partial charge in [-0.2, -0.15) is 0 Å². The molecule has 0 saturated carbocycles. The molecule has 0 saturated heterocycles. The van der Waals surface area contributed by atoms with Gasteiger partial charge in [-0.25, -0.2) is 12.8 Å². The van der Waals surface area contributed by atoms with Crippen LogP contribution in [0.15, 0.2) is 77.7 Å². The average Bonchev–Trinajstić information content (AvgIpc) is 2.77. The van der Waals surface area contributed by atoms with Gasteiger partial charge in [0.2, 0.25) is 5.91 Å². The average molecular weight is 457 g/mol. The summed E-state index contributed by atoms with van der Waals surface area (Å²) in [4.78, 5) is 12.7. The number of nitrogens with one attached hydrogen (secondary N) is 1. The van der Waals surface area contributed by atoms with Crippen molar-refractivity contribution >= 4 is 21.6 Å². The molecule has 1 N–H and O–H groups in total. The first-order valence-electron chi connectivity index (χ1n) is 10.1. The van der Waals surface area contributed by atoms with Gasteiger partial charge in [-0.1, -0.05) is 29.8 Å². The van der Waals surface area contributed by atoms with Crippen molar-refractivity contribution in [3.8, 4) is 5.75 Å². The van der Waals surface area contributed by atoms with Crippen LogP contribution in [0.25, 0.3) is 0 Å². The number of benzene rings is 3. The lowest BCUT2D eigenvalue weighted by Gasteiger charge is -2.24. The fourth-order valence-electron chi connectivity index (χ4n) is 3.06. The zero-order valence-electron chi connectivity index (χ0n) is 17.9. The van der Waals surface area contributed by atoms with Gasteiger partial charge in [0.15, 0.2) is 0 Å². The molecule has 0 aliphatic heterocycles. The van der Waals surface area contributed by atoms with Crippen molar-refractivity contribution in [1.82, 2.24) is 5.32 Å². The van der Waals surface area contributed by atoms with Gasteiger partial charge in [-0.3, -0.25) is 9.10 Å². The van der Waals surface area contributed by atoms with E-state index >= 15 is 0 Å². The number of halogens is 1. The molecule has 32 heavy (non-hydrogen) atoms. The van der Waals surface area contributed by atoms with Crippen molar-refractivity contribution in [2.24, 2.45) is 0 Å². The fraction of sp³-hybridized carbons (Fsp3) is 0.208. The van der Waals surface area contributed by atoms with Crippen LogP contribution in [0.5, 0.6) is 5.75 Å². The summed E-state index contributed by atoms with van der Waals surface area (Å²) in [5.74, 6) is -0.305. The van der Waals surface area contributed by atoms with Gasteiger partial charge in [-0.05, 0) is 67.9 Å². The van der Waals surface area contributed by atoms with E-state index in [9.17, 15) is 17.6 Å². The Morgan fingerprint density at radius 3 is 2.38 bits per heavy atom. The minimum Gasteiger partial charge on any atom is -0.494 e. The molecule has 0 atom stereocenters. The third-order valence-corrected chi connectivity index (χ3v) is 6.50. The molecule has 0 heterocycles. The van der Waals surface area contributed by atoms with Gasteiger partial charge in [0.25, 0.3) is 10.0 Å². The van der Waals surface area contributed by atoms with Crippen LogP contribution >= 0.6 is 0 Å². The molecular formula is C24H25FN2O4S. The molecule has 0 fully saturated rings. The maximum Gasteiger partial charge on any atom is 0.264 e. The summed E-state index contributed by atoms with van der Waals surface area (Å²) in [5.41, 5.74) is 1.92. The van der Waals surface area contributed by atoms with E-state index in [4.69, 9.17) is 4.74 Å². The van der Waals surface area contributed by atoms with Crippen molar-refractivity contribution in [3.05, 3.63) is 89.7 Å². The van der Waals surface area contributed by atoms with Crippen LogP contribution < -0.4 is 14.4 Å². The molecule has 0 spiro atoms. The van der Waals surface area contributed by atoms with Gasteiger partial charge in [0.1, 0.15) is 18.1 Å². The maximum atomic E-state index is 13.4. The zero-order valence-corrected chi connectivity index (χ0v) is 18.7. The van der Waals surface area contributed by atoms with Crippen molar-refractivity contribution in [3.63, 3.8) is 0 Å². The number of sulfonamides is 1. The maximum absolute atomic E-state index is 13.4. The topological polar surface area (TPSA) is 75.7 Å². The number of amides is 1. The number of hydrogen-bond acceptors (Lipinski definition) is 4. The Morgan fingerprint density at radius 1 is 1.03 bits per heavy atom. The normalized spacial score (nSPS) is 11.1. The first-order chi connectivity index (χ1) is 15.3. The van der Waals surface area contributed by atoms with Crippen LogP contribution in [0.4, 0.5) is 10.1 Å². The summed E-state index contributed by atoms with van der Waals surface area (Å²) in [6, 6.07) is 18.6. The highest BCUT2D eigenvalue weighted by molar-refractivity contribution is 7.92. The Labute approximate surface area is 187 Å². The molecule has 0 aliphatic carbocycles. The standard InChI is InChI=1S/C24H25FN2O4S/c1-3-31-22-6-4-5-19(15-22)16-26-24(28)17-27(21-11-9-20(25)10-12-21)32(29,30)23-13-7-18(2)8-14-23/h4-15H,3,16-17H2,1-2H3,(H,26,28). The van der Waals surface area contributed by atoms with Gasteiger partial charge < -0.3 is 10.1 Å². The van der Waals surface area contributed by atoms with Crippen LogP contribution in [0, 0.1) is 12.7 Å². The van der Waals surface area contributed by atoms with E-state index in [0.29, 0.717) is 12.4 Å². The van der Waals surface area contributed by atoms with Crippen LogP contribution in [0.3, 0.4) is 0 Å². The number of nitrogens with zero attached hydrogens (tertiary/aromatic N) is 1. The van der Waals surface area contributed by atoms with Crippen molar-refractivity contribution in [1.29, 1.82) is 0 Å². The molecule has 0 aliphatic rings. The minimum atomic E-state index is -4.05. The number of aryl methyl sites for hydroxylation is 1. The van der Waals surface area contributed by atoms with Crippen molar-refractivity contribution in [2.75, 3.05) is 17.5 Å². The first-order valence-corrected chi connectivity index (χ1v) is 11.6. The Kier molecular flexibility index (Phi) is 7.48. The predicted octanol–water partition coefficient (Wildman–Crippen LogP) is 4.04. The molecule has 8 heteroatoms. The molecule has 0 radical (unpaired) electrons. The van der Waals surface area contributed by atoms with E-state index in [1.54, 1.807) is 12.1 Å². The Morgan fingerprint density at radius 2 is 1.72 bits per heavy atom. The third-order valence-electron chi connectivity index (χ3n) is 4.71. The number of hydrogen-bond donors (Lipinski definition) is 1. The Balaban J connectivity index is 1.81. The predicted molar refractivity (Wildman–Crippen MR) is 122 cm³/mol. The Hall–Kier alpha value is -3.39. The Bertz CT molecular complexity index is 1160. The van der Waals surface area contributed by atoms with Crippen LogP contribution in [-0.4, -0.2) is 27.5 Å². The van der Waals surface area contributed by atoms with Crippen molar-refractivity contribution < 1.29 is 22.3 Å². The van der Waals surface area contributed by atoms with Gasteiger partial charge >= 0.3 is 0 Å². The largest absolute Gasteiger partial charge is 0.494 e. The molecule has 0 aromatic heterocycles. The lowest BCUT2D eigenvalue weighted by molar-refractivity contribution is -0.119. The second kappa shape index (κ2) is 10.3. The summed E-state index contributed by atoms with van der Waals surface area (Å²) >= 11 is 0. The molecule has 6 nitrogen and oxygen atoms in total. The highest BCUT2D eigenvalue weighted by Crippen LogP contribution is 2.24. The summed E-state index contributed by atoms with van der Waals surface area (Å²) in [5, 5.41) is 2.74.